The molecule has 1 atom stereocenters. The highest BCUT2D eigenvalue weighted by molar-refractivity contribution is 5.95. The first kappa shape index (κ1) is 23.4. The van der Waals surface area contributed by atoms with Gasteiger partial charge in [-0.25, -0.2) is 9.97 Å². The first-order chi connectivity index (χ1) is 15.6. The average Bonchev–Trinajstić information content (AvgIpc) is 3.25. The normalized spacial score (nSPS) is 18.8. The molecular weight excluding hydrogens is 412 g/mol. The Balaban J connectivity index is 1.68. The van der Waals surface area contributed by atoms with Crippen molar-refractivity contribution in [3.8, 4) is 0 Å². The molecule has 176 valence electrons. The predicted molar refractivity (Wildman–Crippen MR) is 130 cm³/mol. The summed E-state index contributed by atoms with van der Waals surface area (Å²) in [6.07, 6.45) is 2.95. The largest absolute Gasteiger partial charge is 0.332 e. The molecule has 33 heavy (non-hydrogen) atoms. The number of benzene rings is 1. The molecule has 0 bridgehead atoms. The third-order valence-corrected chi connectivity index (χ3v) is 7.02. The number of carbonyl (C=O) groups is 2. The Morgan fingerprint density at radius 2 is 1.82 bits per heavy atom. The van der Waals surface area contributed by atoms with Crippen LogP contribution in [0.25, 0.3) is 0 Å². The number of aromatic nitrogens is 2. The van der Waals surface area contributed by atoms with Gasteiger partial charge in [-0.2, -0.15) is 0 Å². The van der Waals surface area contributed by atoms with Gasteiger partial charge < -0.3 is 4.90 Å². The standard InChI is InChI=1S/C27H36N4O2/c1-17(2)16-31-23(32)14-13-21-19(4)28-24(29-25(21)31)22-8-7-15-30(22)26(33)27(5,6)20-11-9-18(3)10-12-20/h9-12,17,22H,7-8,13-16H2,1-6H3/t22-/m1/s1. The molecule has 2 aromatic rings. The van der Waals surface area contributed by atoms with E-state index in [0.717, 1.165) is 35.5 Å². The molecule has 3 heterocycles. The number of aryl methyl sites for hydroxylation is 2. The van der Waals surface area contributed by atoms with Crippen LogP contribution in [0.15, 0.2) is 24.3 Å². The number of hydrogen-bond acceptors (Lipinski definition) is 4. The highest BCUT2D eigenvalue weighted by Crippen LogP contribution is 2.38. The van der Waals surface area contributed by atoms with E-state index in [1.54, 1.807) is 0 Å². The lowest BCUT2D eigenvalue weighted by atomic mass is 9.82. The molecule has 1 aromatic carbocycles. The van der Waals surface area contributed by atoms with E-state index in [1.807, 2.05) is 42.7 Å². The van der Waals surface area contributed by atoms with Gasteiger partial charge >= 0.3 is 0 Å². The number of carbonyl (C=O) groups excluding carboxylic acids is 2. The molecule has 1 fully saturated rings. The summed E-state index contributed by atoms with van der Waals surface area (Å²) in [5.74, 6) is 1.99. The molecule has 4 rings (SSSR count). The van der Waals surface area contributed by atoms with E-state index in [9.17, 15) is 9.59 Å². The van der Waals surface area contributed by atoms with Gasteiger partial charge in [-0.1, -0.05) is 43.7 Å². The monoisotopic (exact) mass is 448 g/mol. The molecule has 2 aliphatic heterocycles. The van der Waals surface area contributed by atoms with Crippen molar-refractivity contribution in [3.63, 3.8) is 0 Å². The average molecular weight is 449 g/mol. The first-order valence-electron chi connectivity index (χ1n) is 12.2. The van der Waals surface area contributed by atoms with Gasteiger partial charge in [0.1, 0.15) is 5.82 Å². The van der Waals surface area contributed by atoms with Crippen molar-refractivity contribution in [2.24, 2.45) is 5.92 Å². The molecule has 6 nitrogen and oxygen atoms in total. The van der Waals surface area contributed by atoms with Crippen molar-refractivity contribution in [1.29, 1.82) is 0 Å². The summed E-state index contributed by atoms with van der Waals surface area (Å²) in [5.41, 5.74) is 3.54. The minimum absolute atomic E-state index is 0.0999. The summed E-state index contributed by atoms with van der Waals surface area (Å²) >= 11 is 0. The minimum Gasteiger partial charge on any atom is -0.332 e. The Bertz CT molecular complexity index is 1060. The van der Waals surface area contributed by atoms with Crippen LogP contribution in [0, 0.1) is 19.8 Å². The van der Waals surface area contributed by atoms with Gasteiger partial charge in [0.15, 0.2) is 5.82 Å². The quantitative estimate of drug-likeness (QED) is 0.667. The van der Waals surface area contributed by atoms with Crippen molar-refractivity contribution in [2.45, 2.75) is 78.7 Å². The summed E-state index contributed by atoms with van der Waals surface area (Å²) < 4.78 is 0. The van der Waals surface area contributed by atoms with Crippen LogP contribution >= 0.6 is 0 Å². The summed E-state index contributed by atoms with van der Waals surface area (Å²) in [6, 6.07) is 8.05. The summed E-state index contributed by atoms with van der Waals surface area (Å²) in [5, 5.41) is 0. The maximum absolute atomic E-state index is 13.8. The second-order valence-corrected chi connectivity index (χ2v) is 10.5. The fourth-order valence-electron chi connectivity index (χ4n) is 5.04. The van der Waals surface area contributed by atoms with E-state index in [4.69, 9.17) is 9.97 Å². The van der Waals surface area contributed by atoms with Gasteiger partial charge in [-0.05, 0) is 58.4 Å². The van der Waals surface area contributed by atoms with Gasteiger partial charge in [0.05, 0.1) is 11.5 Å². The smallest absolute Gasteiger partial charge is 0.233 e. The Labute approximate surface area is 197 Å². The molecule has 0 radical (unpaired) electrons. The second kappa shape index (κ2) is 8.88. The molecule has 0 spiro atoms. The van der Waals surface area contributed by atoms with Crippen LogP contribution < -0.4 is 4.90 Å². The van der Waals surface area contributed by atoms with Crippen LogP contribution in [0.2, 0.25) is 0 Å². The van der Waals surface area contributed by atoms with Gasteiger partial charge in [0, 0.05) is 30.8 Å². The zero-order chi connectivity index (χ0) is 23.9. The number of rotatable bonds is 5. The Hall–Kier alpha value is -2.76. The van der Waals surface area contributed by atoms with Crippen LogP contribution in [0.4, 0.5) is 5.82 Å². The van der Waals surface area contributed by atoms with Crippen LogP contribution in [-0.4, -0.2) is 39.8 Å². The third kappa shape index (κ3) is 4.40. The topological polar surface area (TPSA) is 66.4 Å². The van der Waals surface area contributed by atoms with Crippen LogP contribution in [0.5, 0.6) is 0 Å². The van der Waals surface area contributed by atoms with Gasteiger partial charge in [0.2, 0.25) is 11.8 Å². The lowest BCUT2D eigenvalue weighted by Gasteiger charge is -2.34. The van der Waals surface area contributed by atoms with E-state index < -0.39 is 5.41 Å². The molecule has 1 aromatic heterocycles. The maximum Gasteiger partial charge on any atom is 0.233 e. The van der Waals surface area contributed by atoms with E-state index in [-0.39, 0.29) is 17.9 Å². The van der Waals surface area contributed by atoms with Crippen molar-refractivity contribution in [3.05, 3.63) is 52.5 Å². The highest BCUT2D eigenvalue weighted by Gasteiger charge is 2.41. The SMILES string of the molecule is Cc1ccc(C(C)(C)C(=O)N2CCC[C@@H]2c2nc(C)c3c(n2)N(CC(C)C)C(=O)CC3)cc1. The Morgan fingerprint density at radius 3 is 2.48 bits per heavy atom. The maximum atomic E-state index is 13.8. The van der Waals surface area contributed by atoms with Crippen molar-refractivity contribution < 1.29 is 9.59 Å². The second-order valence-electron chi connectivity index (χ2n) is 10.5. The number of hydrogen-bond donors (Lipinski definition) is 0. The number of nitrogens with zero attached hydrogens (tertiary/aromatic N) is 4. The Kier molecular flexibility index (Phi) is 6.30. The molecule has 0 aliphatic carbocycles. The molecule has 0 unspecified atom stereocenters. The van der Waals surface area contributed by atoms with E-state index in [1.165, 1.54) is 5.56 Å². The molecule has 6 heteroatoms. The third-order valence-electron chi connectivity index (χ3n) is 7.02. The number of anilines is 1. The lowest BCUT2D eigenvalue weighted by molar-refractivity contribution is -0.137. The fraction of sp³-hybridized carbons (Fsp3) is 0.556. The summed E-state index contributed by atoms with van der Waals surface area (Å²) in [7, 11) is 0. The summed E-state index contributed by atoms with van der Waals surface area (Å²) in [6.45, 7) is 13.6. The Morgan fingerprint density at radius 1 is 1.12 bits per heavy atom. The van der Waals surface area contributed by atoms with Crippen LogP contribution in [0.1, 0.15) is 81.2 Å². The highest BCUT2D eigenvalue weighted by atomic mass is 16.2. The molecule has 0 saturated carbocycles. The number of likely N-dealkylation sites (tertiary alicyclic amines) is 1. The summed E-state index contributed by atoms with van der Waals surface area (Å²) in [4.78, 5) is 40.1. The van der Waals surface area contributed by atoms with Gasteiger partial charge in [-0.3, -0.25) is 14.5 Å². The van der Waals surface area contributed by atoms with Crippen molar-refractivity contribution in [1.82, 2.24) is 14.9 Å². The van der Waals surface area contributed by atoms with E-state index in [0.29, 0.717) is 37.7 Å². The number of fused-ring (bicyclic) bond motifs is 1. The van der Waals surface area contributed by atoms with Crippen molar-refractivity contribution >= 4 is 17.6 Å². The van der Waals surface area contributed by atoms with Gasteiger partial charge in [0.25, 0.3) is 0 Å². The number of amides is 2. The molecular formula is C27H36N4O2. The van der Waals surface area contributed by atoms with Crippen LogP contribution in [0.3, 0.4) is 0 Å². The van der Waals surface area contributed by atoms with Gasteiger partial charge in [-0.15, -0.1) is 0 Å². The minimum atomic E-state index is -0.640. The molecule has 0 N–H and O–H groups in total. The zero-order valence-electron chi connectivity index (χ0n) is 20.8. The zero-order valence-corrected chi connectivity index (χ0v) is 20.8. The van der Waals surface area contributed by atoms with Crippen molar-refractivity contribution in [2.75, 3.05) is 18.0 Å². The predicted octanol–water partition coefficient (Wildman–Crippen LogP) is 4.67. The van der Waals surface area contributed by atoms with E-state index >= 15 is 0 Å². The lowest BCUT2D eigenvalue weighted by Crippen LogP contribution is -2.44. The molecule has 2 amide bonds. The first-order valence-corrected chi connectivity index (χ1v) is 12.2. The molecule has 1 saturated heterocycles. The molecule has 2 aliphatic rings. The van der Waals surface area contributed by atoms with E-state index in [2.05, 4.69) is 32.9 Å². The fourth-order valence-corrected chi connectivity index (χ4v) is 5.04. The van der Waals surface area contributed by atoms with Crippen LogP contribution in [-0.2, 0) is 21.4 Å².